The zero-order chi connectivity index (χ0) is 35.2. The van der Waals surface area contributed by atoms with E-state index in [-0.39, 0.29) is 37.8 Å². The molecule has 1 aromatic heterocycles. The number of fused-ring (bicyclic) bond motifs is 1. The number of esters is 2. The lowest BCUT2D eigenvalue weighted by Gasteiger charge is -2.25. The molecule has 5 rings (SSSR count). The van der Waals surface area contributed by atoms with Crippen LogP contribution in [0.4, 0.5) is 0 Å². The molecule has 3 aromatic carbocycles. The van der Waals surface area contributed by atoms with Crippen molar-refractivity contribution in [1.82, 2.24) is 4.57 Å². The van der Waals surface area contributed by atoms with Crippen LogP contribution in [0.25, 0.3) is 6.08 Å². The summed E-state index contributed by atoms with van der Waals surface area (Å²) in [4.78, 5) is 44.5. The van der Waals surface area contributed by atoms with E-state index in [4.69, 9.17) is 42.1 Å². The first-order valence-corrected chi connectivity index (χ1v) is 17.4. The Morgan fingerprint density at radius 3 is 2.51 bits per heavy atom. The van der Waals surface area contributed by atoms with Gasteiger partial charge in [-0.1, -0.05) is 58.8 Å². The molecule has 2 heterocycles. The Bertz CT molecular complexity index is 2130. The number of aromatic nitrogens is 1. The summed E-state index contributed by atoms with van der Waals surface area (Å²) in [6, 6.07) is 14.8. The van der Waals surface area contributed by atoms with Crippen molar-refractivity contribution in [3.63, 3.8) is 0 Å². The highest BCUT2D eigenvalue weighted by Crippen LogP contribution is 2.37. The monoisotopic (exact) mass is 788 g/mol. The first kappa shape index (κ1) is 36.2. The van der Waals surface area contributed by atoms with Crippen LogP contribution in [0.3, 0.4) is 0 Å². The minimum atomic E-state index is -0.923. The number of allylic oxidation sites excluding steroid dienone is 1. The second-order valence-electron chi connectivity index (χ2n) is 10.5. The highest BCUT2D eigenvalue weighted by atomic mass is 79.9. The molecule has 0 bridgehead atoms. The molecule has 0 radical (unpaired) electrons. The molecule has 1 atom stereocenters. The minimum Gasteiger partial charge on any atom is -0.490 e. The standard InChI is InChI=1S/C35H31BrCl2N2O8S/c1-5-45-27-14-20(11-12-26(27)47-18-29(41)44-4)31-30(34(43)46-6-2)19(3)39-35-40(31)33(42)28(49-35)15-22-13-23(37)16-24(36)32(22)48-17-21-9-7-8-10-25(21)38/h7-16,31H,5-6,17-18H2,1-4H3/b28-15+/t31-/m1/s1. The number of carbonyl (C=O) groups excluding carboxylic acids is 2. The van der Waals surface area contributed by atoms with Crippen LogP contribution in [0.5, 0.6) is 17.2 Å². The number of nitrogens with zero attached hydrogens (tertiary/aromatic N) is 2. The van der Waals surface area contributed by atoms with Gasteiger partial charge in [-0.25, -0.2) is 14.6 Å². The highest BCUT2D eigenvalue weighted by molar-refractivity contribution is 9.10. The molecule has 0 fully saturated rings. The number of hydrogen-bond acceptors (Lipinski definition) is 10. The van der Waals surface area contributed by atoms with E-state index in [9.17, 15) is 14.4 Å². The van der Waals surface area contributed by atoms with Gasteiger partial charge < -0.3 is 23.7 Å². The summed E-state index contributed by atoms with van der Waals surface area (Å²) in [6.07, 6.45) is 1.68. The Morgan fingerprint density at radius 2 is 1.80 bits per heavy atom. The van der Waals surface area contributed by atoms with Gasteiger partial charge in [-0.2, -0.15) is 0 Å². The van der Waals surface area contributed by atoms with Gasteiger partial charge in [-0.15, -0.1) is 0 Å². The van der Waals surface area contributed by atoms with Gasteiger partial charge >= 0.3 is 11.9 Å². The third kappa shape index (κ3) is 8.04. The number of carbonyl (C=O) groups is 2. The van der Waals surface area contributed by atoms with Gasteiger partial charge in [-0.3, -0.25) is 9.36 Å². The number of hydrogen-bond donors (Lipinski definition) is 0. The molecule has 256 valence electrons. The lowest BCUT2D eigenvalue weighted by atomic mass is 9.95. The highest BCUT2D eigenvalue weighted by Gasteiger charge is 2.34. The fourth-order valence-electron chi connectivity index (χ4n) is 5.13. The Hall–Kier alpha value is -4.10. The quantitative estimate of drug-likeness (QED) is 0.152. The summed E-state index contributed by atoms with van der Waals surface area (Å²) in [7, 11) is 1.26. The summed E-state index contributed by atoms with van der Waals surface area (Å²) in [5.74, 6) is -0.114. The van der Waals surface area contributed by atoms with Gasteiger partial charge in [0.2, 0.25) is 0 Å². The molecule has 0 saturated heterocycles. The first-order valence-electron chi connectivity index (χ1n) is 15.1. The van der Waals surface area contributed by atoms with Gasteiger partial charge in [0.1, 0.15) is 12.4 Å². The Morgan fingerprint density at radius 1 is 1.02 bits per heavy atom. The van der Waals surface area contributed by atoms with E-state index in [1.54, 1.807) is 63.2 Å². The van der Waals surface area contributed by atoms with Crippen molar-refractivity contribution in [2.45, 2.75) is 33.4 Å². The van der Waals surface area contributed by atoms with Crippen molar-refractivity contribution in [2.75, 3.05) is 26.9 Å². The van der Waals surface area contributed by atoms with Crippen molar-refractivity contribution >= 4 is 68.5 Å². The molecular formula is C35H31BrCl2N2O8S. The number of methoxy groups -OCH3 is 1. The molecule has 0 saturated carbocycles. The van der Waals surface area contributed by atoms with E-state index in [0.29, 0.717) is 52.2 Å². The van der Waals surface area contributed by atoms with Crippen molar-refractivity contribution in [2.24, 2.45) is 4.99 Å². The summed E-state index contributed by atoms with van der Waals surface area (Å²) in [6.45, 7) is 5.45. The SMILES string of the molecule is CCOC(=O)C1=C(C)N=c2s/c(=C/c3cc(Cl)cc(Br)c3OCc3ccccc3Cl)c(=O)n2[C@@H]1c1ccc(OCC(=O)OC)c(OCC)c1. The predicted octanol–water partition coefficient (Wildman–Crippen LogP) is 6.40. The van der Waals surface area contributed by atoms with Crippen LogP contribution in [-0.4, -0.2) is 43.4 Å². The molecule has 0 N–H and O–H groups in total. The van der Waals surface area contributed by atoms with Crippen molar-refractivity contribution in [3.8, 4) is 17.2 Å². The number of ether oxygens (including phenoxy) is 5. The number of thiazole rings is 1. The average molecular weight is 791 g/mol. The van der Waals surface area contributed by atoms with Gasteiger partial charge in [0.05, 0.1) is 46.6 Å². The van der Waals surface area contributed by atoms with Gasteiger partial charge in [0.15, 0.2) is 22.9 Å². The van der Waals surface area contributed by atoms with E-state index < -0.39 is 23.5 Å². The smallest absolute Gasteiger partial charge is 0.343 e. The fourth-order valence-corrected chi connectivity index (χ4v) is 7.31. The molecule has 0 amide bonds. The zero-order valence-electron chi connectivity index (χ0n) is 26.9. The first-order chi connectivity index (χ1) is 23.6. The Kier molecular flexibility index (Phi) is 11.9. The van der Waals surface area contributed by atoms with Gasteiger partial charge in [-0.05, 0) is 78.7 Å². The molecule has 0 aliphatic carbocycles. The molecule has 4 aromatic rings. The van der Waals surface area contributed by atoms with Crippen LogP contribution in [0.2, 0.25) is 10.0 Å². The van der Waals surface area contributed by atoms with Crippen LogP contribution in [0.1, 0.15) is 43.5 Å². The molecule has 49 heavy (non-hydrogen) atoms. The second-order valence-corrected chi connectivity index (χ2v) is 13.2. The van der Waals surface area contributed by atoms with Crippen LogP contribution in [0.15, 0.2) is 80.1 Å². The third-order valence-electron chi connectivity index (χ3n) is 7.33. The van der Waals surface area contributed by atoms with E-state index in [0.717, 1.165) is 16.9 Å². The molecular weight excluding hydrogens is 759 g/mol. The van der Waals surface area contributed by atoms with Crippen molar-refractivity contribution in [1.29, 1.82) is 0 Å². The van der Waals surface area contributed by atoms with Gasteiger partial charge in [0, 0.05) is 21.2 Å². The number of halogens is 3. The molecule has 1 aliphatic heterocycles. The molecule has 14 heteroatoms. The van der Waals surface area contributed by atoms with Crippen molar-refractivity contribution in [3.05, 3.63) is 117 Å². The van der Waals surface area contributed by atoms with Gasteiger partial charge in [0.25, 0.3) is 5.56 Å². The van der Waals surface area contributed by atoms with E-state index in [1.165, 1.54) is 11.7 Å². The summed E-state index contributed by atoms with van der Waals surface area (Å²) >= 11 is 17.5. The minimum absolute atomic E-state index is 0.123. The maximum absolute atomic E-state index is 14.3. The molecule has 0 spiro atoms. The normalized spacial score (nSPS) is 14.2. The third-order valence-corrected chi connectivity index (χ3v) is 9.49. The topological polar surface area (TPSA) is 115 Å². The lowest BCUT2D eigenvalue weighted by molar-refractivity contribution is -0.143. The second kappa shape index (κ2) is 16.1. The van der Waals surface area contributed by atoms with E-state index in [1.807, 2.05) is 18.2 Å². The Balaban J connectivity index is 1.65. The van der Waals surface area contributed by atoms with Crippen LogP contribution in [0, 0.1) is 0 Å². The molecule has 0 unspecified atom stereocenters. The van der Waals surface area contributed by atoms with Crippen LogP contribution < -0.4 is 29.1 Å². The van der Waals surface area contributed by atoms with E-state index in [2.05, 4.69) is 25.7 Å². The summed E-state index contributed by atoms with van der Waals surface area (Å²) < 4.78 is 30.2. The number of benzene rings is 3. The molecule has 1 aliphatic rings. The maximum Gasteiger partial charge on any atom is 0.343 e. The zero-order valence-corrected chi connectivity index (χ0v) is 30.8. The summed E-state index contributed by atoms with van der Waals surface area (Å²) in [5, 5.41) is 0.984. The molecule has 10 nitrogen and oxygen atoms in total. The van der Waals surface area contributed by atoms with E-state index >= 15 is 0 Å². The maximum atomic E-state index is 14.3. The largest absolute Gasteiger partial charge is 0.490 e. The number of rotatable bonds is 12. The average Bonchev–Trinajstić information content (AvgIpc) is 3.37. The van der Waals surface area contributed by atoms with Crippen LogP contribution in [-0.2, 0) is 25.7 Å². The predicted molar refractivity (Wildman–Crippen MR) is 190 cm³/mol. The fraction of sp³-hybridized carbons (Fsp3) is 0.257. The summed E-state index contributed by atoms with van der Waals surface area (Å²) in [5.41, 5.74) is 2.05. The lowest BCUT2D eigenvalue weighted by Crippen LogP contribution is -2.40. The van der Waals surface area contributed by atoms with Crippen molar-refractivity contribution < 1.29 is 33.3 Å². The van der Waals surface area contributed by atoms with Crippen LogP contribution >= 0.6 is 50.5 Å². The Labute approximate surface area is 304 Å².